The normalized spacial score (nSPS) is 24.6. The molecule has 116 valence electrons. The van der Waals surface area contributed by atoms with Gasteiger partial charge in [0.25, 0.3) is 0 Å². The first kappa shape index (κ1) is 16.0. The number of hydrogen-bond acceptors (Lipinski definition) is 4. The Morgan fingerprint density at radius 2 is 1.95 bits per heavy atom. The maximum absolute atomic E-state index is 10.4. The summed E-state index contributed by atoms with van der Waals surface area (Å²) in [6.45, 7) is 9.81. The molecule has 0 spiro atoms. The van der Waals surface area contributed by atoms with Gasteiger partial charge in [0, 0.05) is 45.2 Å². The highest BCUT2D eigenvalue weighted by Crippen LogP contribution is 2.20. The average molecular weight is 282 g/mol. The number of aliphatic hydroxyl groups is 1. The Balaban J connectivity index is 1.65. The summed E-state index contributed by atoms with van der Waals surface area (Å²) in [5.74, 6) is 0. The van der Waals surface area contributed by atoms with Gasteiger partial charge in [-0.05, 0) is 39.8 Å². The maximum atomic E-state index is 10.4. The van der Waals surface area contributed by atoms with Gasteiger partial charge in [-0.25, -0.2) is 0 Å². The predicted molar refractivity (Wildman–Crippen MR) is 81.9 cm³/mol. The monoisotopic (exact) mass is 282 g/mol. The number of hydrogen-bond donors (Lipinski definition) is 2. The molecule has 0 amide bonds. The van der Waals surface area contributed by atoms with Crippen molar-refractivity contribution in [1.29, 1.82) is 0 Å². The molecule has 2 heterocycles. The van der Waals surface area contributed by atoms with Crippen molar-refractivity contribution in [3.63, 3.8) is 0 Å². The Morgan fingerprint density at radius 3 is 2.55 bits per heavy atom. The third-order valence-corrected chi connectivity index (χ3v) is 4.49. The first-order valence-corrected chi connectivity index (χ1v) is 7.97. The molecule has 2 fully saturated rings. The van der Waals surface area contributed by atoms with Crippen LogP contribution in [0.15, 0.2) is 11.6 Å². The van der Waals surface area contributed by atoms with E-state index >= 15 is 0 Å². The zero-order valence-electron chi connectivity index (χ0n) is 13.0. The number of piperidine rings is 1. The molecular weight excluding hydrogens is 252 g/mol. The summed E-state index contributed by atoms with van der Waals surface area (Å²) in [6, 6.07) is 0.560. The number of ether oxygens (including phenoxy) is 1. The van der Waals surface area contributed by atoms with Crippen molar-refractivity contribution in [3.05, 3.63) is 11.6 Å². The molecule has 2 N–H and O–H groups in total. The second kappa shape index (κ2) is 7.55. The number of nitrogens with zero attached hydrogens (tertiary/aromatic N) is 1. The van der Waals surface area contributed by atoms with E-state index in [4.69, 9.17) is 4.74 Å². The van der Waals surface area contributed by atoms with Crippen molar-refractivity contribution < 1.29 is 9.84 Å². The van der Waals surface area contributed by atoms with Gasteiger partial charge < -0.3 is 15.2 Å². The summed E-state index contributed by atoms with van der Waals surface area (Å²) in [7, 11) is 0. The Bertz CT molecular complexity index is 312. The molecule has 0 aliphatic carbocycles. The summed E-state index contributed by atoms with van der Waals surface area (Å²) >= 11 is 0. The van der Waals surface area contributed by atoms with Crippen LogP contribution in [0.3, 0.4) is 0 Å². The Morgan fingerprint density at radius 1 is 1.30 bits per heavy atom. The molecule has 0 atom stereocenters. The van der Waals surface area contributed by atoms with E-state index in [0.717, 1.165) is 39.0 Å². The van der Waals surface area contributed by atoms with Gasteiger partial charge in [0.1, 0.15) is 0 Å². The van der Waals surface area contributed by atoms with Gasteiger partial charge in [0.05, 0.1) is 5.60 Å². The topological polar surface area (TPSA) is 44.7 Å². The number of allylic oxidation sites excluding steroid dienone is 1. The molecule has 20 heavy (non-hydrogen) atoms. The number of rotatable bonds is 5. The number of nitrogens with one attached hydrogen (secondary N) is 1. The van der Waals surface area contributed by atoms with E-state index in [2.05, 4.69) is 30.1 Å². The van der Waals surface area contributed by atoms with Crippen molar-refractivity contribution in [2.24, 2.45) is 0 Å². The van der Waals surface area contributed by atoms with Crippen LogP contribution >= 0.6 is 0 Å². The van der Waals surface area contributed by atoms with Gasteiger partial charge in [-0.3, -0.25) is 4.90 Å². The summed E-state index contributed by atoms with van der Waals surface area (Å²) in [5.41, 5.74) is 0.851. The van der Waals surface area contributed by atoms with Crippen LogP contribution in [0, 0.1) is 0 Å². The van der Waals surface area contributed by atoms with E-state index in [0.29, 0.717) is 19.3 Å². The van der Waals surface area contributed by atoms with Gasteiger partial charge in [0.15, 0.2) is 0 Å². The predicted octanol–water partition coefficient (Wildman–Crippen LogP) is 1.55. The fourth-order valence-electron chi connectivity index (χ4n) is 2.89. The maximum Gasteiger partial charge on any atom is 0.0815 e. The van der Waals surface area contributed by atoms with E-state index in [9.17, 15) is 5.11 Å². The fraction of sp³-hybridized carbons (Fsp3) is 0.875. The molecular formula is C16H30N2O2. The van der Waals surface area contributed by atoms with Gasteiger partial charge in [-0.15, -0.1) is 0 Å². The van der Waals surface area contributed by atoms with Crippen LogP contribution in [-0.4, -0.2) is 61.0 Å². The molecule has 0 aromatic rings. The van der Waals surface area contributed by atoms with Crippen molar-refractivity contribution >= 4 is 0 Å². The molecule has 0 bridgehead atoms. The second-order valence-electron chi connectivity index (χ2n) is 6.57. The SMILES string of the molecule is CC(C)=CCN1CCC(NCC2(O)CCOCC2)CC1. The third kappa shape index (κ3) is 5.17. The highest BCUT2D eigenvalue weighted by atomic mass is 16.5. The molecule has 2 saturated heterocycles. The molecule has 0 aromatic carbocycles. The van der Waals surface area contributed by atoms with Crippen LogP contribution in [-0.2, 0) is 4.74 Å². The highest BCUT2D eigenvalue weighted by molar-refractivity contribution is 4.96. The van der Waals surface area contributed by atoms with E-state index in [1.165, 1.54) is 18.4 Å². The van der Waals surface area contributed by atoms with Crippen molar-refractivity contribution in [2.75, 3.05) is 39.4 Å². The van der Waals surface area contributed by atoms with E-state index in [1.54, 1.807) is 0 Å². The van der Waals surface area contributed by atoms with Crippen LogP contribution in [0.1, 0.15) is 39.5 Å². The standard InChI is InChI=1S/C16H30N2O2/c1-14(2)3-8-18-9-4-15(5-10-18)17-13-16(19)6-11-20-12-7-16/h3,15,17,19H,4-13H2,1-2H3. The number of likely N-dealkylation sites (tertiary alicyclic amines) is 1. The van der Waals surface area contributed by atoms with Crippen LogP contribution in [0.2, 0.25) is 0 Å². The molecule has 0 saturated carbocycles. The van der Waals surface area contributed by atoms with Crippen LogP contribution in [0.5, 0.6) is 0 Å². The van der Waals surface area contributed by atoms with Gasteiger partial charge in [-0.2, -0.15) is 0 Å². The fourth-order valence-corrected chi connectivity index (χ4v) is 2.89. The minimum atomic E-state index is -0.544. The molecule has 0 unspecified atom stereocenters. The lowest BCUT2D eigenvalue weighted by Crippen LogP contribution is -2.50. The quantitative estimate of drug-likeness (QED) is 0.751. The van der Waals surface area contributed by atoms with Gasteiger partial charge >= 0.3 is 0 Å². The first-order valence-electron chi connectivity index (χ1n) is 7.97. The smallest absolute Gasteiger partial charge is 0.0815 e. The lowest BCUT2D eigenvalue weighted by molar-refractivity contribution is -0.0634. The average Bonchev–Trinajstić information content (AvgIpc) is 2.45. The zero-order chi connectivity index (χ0) is 14.4. The summed E-state index contributed by atoms with van der Waals surface area (Å²) in [4.78, 5) is 2.51. The molecule has 2 rings (SSSR count). The molecule has 2 aliphatic rings. The molecule has 4 heteroatoms. The second-order valence-corrected chi connectivity index (χ2v) is 6.57. The Hall–Kier alpha value is -0.420. The van der Waals surface area contributed by atoms with Crippen LogP contribution in [0.4, 0.5) is 0 Å². The van der Waals surface area contributed by atoms with Gasteiger partial charge in [0.2, 0.25) is 0 Å². The van der Waals surface area contributed by atoms with Crippen LogP contribution in [0.25, 0.3) is 0 Å². The van der Waals surface area contributed by atoms with Gasteiger partial charge in [-0.1, -0.05) is 11.6 Å². The van der Waals surface area contributed by atoms with Crippen LogP contribution < -0.4 is 5.32 Å². The van der Waals surface area contributed by atoms with E-state index in [1.807, 2.05) is 0 Å². The van der Waals surface area contributed by atoms with E-state index in [-0.39, 0.29) is 0 Å². The third-order valence-electron chi connectivity index (χ3n) is 4.49. The van der Waals surface area contributed by atoms with Crippen molar-refractivity contribution in [3.8, 4) is 0 Å². The molecule has 0 aromatic heterocycles. The van der Waals surface area contributed by atoms with Crippen molar-refractivity contribution in [1.82, 2.24) is 10.2 Å². The summed E-state index contributed by atoms with van der Waals surface area (Å²) in [5, 5.41) is 14.0. The Kier molecular flexibility index (Phi) is 6.02. The largest absolute Gasteiger partial charge is 0.388 e. The lowest BCUT2D eigenvalue weighted by atomic mass is 9.93. The zero-order valence-corrected chi connectivity index (χ0v) is 13.0. The molecule has 4 nitrogen and oxygen atoms in total. The molecule has 0 radical (unpaired) electrons. The summed E-state index contributed by atoms with van der Waals surface area (Å²) in [6.07, 6.45) is 6.20. The minimum absolute atomic E-state index is 0.544. The first-order chi connectivity index (χ1) is 9.57. The van der Waals surface area contributed by atoms with Crippen molar-refractivity contribution in [2.45, 2.75) is 51.2 Å². The Labute approximate surface area is 123 Å². The summed E-state index contributed by atoms with van der Waals surface area (Å²) < 4.78 is 5.32. The highest BCUT2D eigenvalue weighted by Gasteiger charge is 2.30. The lowest BCUT2D eigenvalue weighted by Gasteiger charge is -2.36. The molecule has 2 aliphatic heterocycles. The minimum Gasteiger partial charge on any atom is -0.388 e. The van der Waals surface area contributed by atoms with E-state index < -0.39 is 5.60 Å².